The van der Waals surface area contributed by atoms with Crippen molar-refractivity contribution in [1.82, 2.24) is 0 Å². The van der Waals surface area contributed by atoms with E-state index in [4.69, 9.17) is 14.0 Å². The summed E-state index contributed by atoms with van der Waals surface area (Å²) in [5.74, 6) is -0.406. The summed E-state index contributed by atoms with van der Waals surface area (Å²) in [5.41, 5.74) is 0. The first-order valence-electron chi connectivity index (χ1n) is 7.13. The number of aliphatic hydroxyl groups excluding tert-OH is 3. The van der Waals surface area contributed by atoms with Gasteiger partial charge in [0.1, 0.15) is 35.9 Å². The highest BCUT2D eigenvalue weighted by molar-refractivity contribution is 7.97. The summed E-state index contributed by atoms with van der Waals surface area (Å²) >= 11 is 0. The van der Waals surface area contributed by atoms with Crippen LogP contribution in [0.15, 0.2) is 0 Å². The minimum atomic E-state index is -4.67. The van der Waals surface area contributed by atoms with E-state index in [1.54, 1.807) is 13.8 Å². The molecule has 9 nitrogen and oxygen atoms in total. The minimum absolute atomic E-state index is 0.0937. The summed E-state index contributed by atoms with van der Waals surface area (Å²) in [6, 6.07) is 0. The molecule has 0 radical (unpaired) electrons. The van der Waals surface area contributed by atoms with Crippen LogP contribution in [0.25, 0.3) is 0 Å². The van der Waals surface area contributed by atoms with Gasteiger partial charge in [-0.2, -0.15) is 8.42 Å². The summed E-state index contributed by atoms with van der Waals surface area (Å²) in [4.78, 5) is 0. The third kappa shape index (κ3) is 5.00. The first-order valence-corrected chi connectivity index (χ1v) is 10.1. The molecule has 0 spiro atoms. The molecule has 0 saturated carbocycles. The highest BCUT2D eigenvalue weighted by Gasteiger charge is 2.52. The van der Waals surface area contributed by atoms with Crippen molar-refractivity contribution in [2.45, 2.75) is 49.3 Å². The van der Waals surface area contributed by atoms with Crippen molar-refractivity contribution in [3.8, 4) is 0 Å². The largest absolute Gasteiger partial charge is 0.397 e. The lowest BCUT2D eigenvalue weighted by Crippen LogP contribution is -2.53. The molecule has 6 atom stereocenters. The quantitative estimate of drug-likeness (QED) is 0.318. The molecule has 1 unspecified atom stereocenters. The van der Waals surface area contributed by atoms with Gasteiger partial charge < -0.3 is 24.8 Å². The second-order valence-corrected chi connectivity index (χ2v) is 9.47. The lowest BCUT2D eigenvalue weighted by Gasteiger charge is -2.39. The fourth-order valence-electron chi connectivity index (χ4n) is 2.75. The minimum Gasteiger partial charge on any atom is -0.391 e. The lowest BCUT2D eigenvalue weighted by atomic mass is 10.2. The lowest BCUT2D eigenvalue weighted by molar-refractivity contribution is -0.294. The van der Waals surface area contributed by atoms with E-state index in [0.717, 1.165) is 0 Å². The second-order valence-electron chi connectivity index (χ2n) is 6.08. The third-order valence-electron chi connectivity index (χ3n) is 3.84. The predicted octanol–water partition coefficient (Wildman–Crippen LogP) is -1.96. The molecule has 2 aliphatic rings. The molecule has 136 valence electrons. The molecule has 2 aliphatic heterocycles. The van der Waals surface area contributed by atoms with Gasteiger partial charge in [0.05, 0.1) is 13.2 Å². The average Bonchev–Trinajstić information content (AvgIpc) is 2.66. The van der Waals surface area contributed by atoms with Crippen LogP contribution < -0.4 is 0 Å². The molecule has 2 fully saturated rings. The predicted molar refractivity (Wildman–Crippen MR) is 81.3 cm³/mol. The number of hydrogen-bond donors (Lipinski definition) is 4. The van der Waals surface area contributed by atoms with Crippen molar-refractivity contribution in [1.29, 1.82) is 0 Å². The topological polar surface area (TPSA) is 143 Å². The van der Waals surface area contributed by atoms with Gasteiger partial charge in [0.25, 0.3) is 0 Å². The maximum atomic E-state index is 11.0. The first-order chi connectivity index (χ1) is 10.5. The van der Waals surface area contributed by atoms with Crippen molar-refractivity contribution in [2.24, 2.45) is 0 Å². The van der Waals surface area contributed by atoms with Gasteiger partial charge in [0.15, 0.2) is 11.0 Å². The number of ether oxygens (including phenoxy) is 2. The molecule has 23 heavy (non-hydrogen) atoms. The van der Waals surface area contributed by atoms with Gasteiger partial charge in [-0.3, -0.25) is 4.55 Å². The van der Waals surface area contributed by atoms with Crippen LogP contribution in [0, 0.1) is 0 Å². The van der Waals surface area contributed by atoms with Crippen molar-refractivity contribution in [3.05, 3.63) is 0 Å². The van der Waals surface area contributed by atoms with Crippen LogP contribution >= 0.6 is 0 Å². The number of hydrogen-bond acceptors (Lipinski definition) is 8. The molecule has 2 rings (SSSR count). The molecule has 4 N–H and O–H groups in total. The fourth-order valence-corrected chi connectivity index (χ4v) is 6.00. The number of rotatable bonds is 5. The summed E-state index contributed by atoms with van der Waals surface area (Å²) in [6.45, 7) is 2.94. The van der Waals surface area contributed by atoms with Gasteiger partial charge in [0, 0.05) is 10.9 Å². The molecule has 0 aromatic heterocycles. The molecule has 0 aliphatic carbocycles. The smallest absolute Gasteiger partial charge is 0.391 e. The first kappa shape index (κ1) is 19.3. The summed E-state index contributed by atoms with van der Waals surface area (Å²) < 4.78 is 46.5. The summed E-state index contributed by atoms with van der Waals surface area (Å²) in [7, 11) is -5.27. The Balaban J connectivity index is 2.12. The van der Waals surface area contributed by atoms with Crippen LogP contribution in [0.4, 0.5) is 0 Å². The SMILES string of the molecule is CC1(C)OC[C@@H](OS(=O)(=O)O)[C@H](C[S+]2C[C@@H](O)[C@H](O)[C@H]2CO)O1. The zero-order valence-corrected chi connectivity index (χ0v) is 14.5. The Labute approximate surface area is 137 Å². The van der Waals surface area contributed by atoms with Crippen molar-refractivity contribution >= 4 is 21.3 Å². The zero-order valence-electron chi connectivity index (χ0n) is 12.9. The molecule has 0 bridgehead atoms. The van der Waals surface area contributed by atoms with Gasteiger partial charge in [-0.25, -0.2) is 4.18 Å². The van der Waals surface area contributed by atoms with Gasteiger partial charge in [-0.05, 0) is 13.8 Å². The average molecular weight is 375 g/mol. The van der Waals surface area contributed by atoms with Crippen LogP contribution in [0.1, 0.15) is 13.8 Å². The maximum Gasteiger partial charge on any atom is 0.397 e. The molecule has 0 aromatic carbocycles. The molecule has 0 aromatic rings. The van der Waals surface area contributed by atoms with Crippen LogP contribution in [0.5, 0.6) is 0 Å². The Hall–Kier alpha value is 0.0200. The Morgan fingerprint density at radius 1 is 1.35 bits per heavy atom. The van der Waals surface area contributed by atoms with E-state index in [1.807, 2.05) is 0 Å². The highest BCUT2D eigenvalue weighted by Crippen LogP contribution is 2.30. The van der Waals surface area contributed by atoms with Gasteiger partial charge >= 0.3 is 10.4 Å². The van der Waals surface area contributed by atoms with Crippen molar-refractivity contribution < 1.29 is 41.9 Å². The van der Waals surface area contributed by atoms with E-state index >= 15 is 0 Å². The van der Waals surface area contributed by atoms with E-state index in [1.165, 1.54) is 0 Å². The van der Waals surface area contributed by atoms with Gasteiger partial charge in [-0.1, -0.05) is 0 Å². The summed E-state index contributed by atoms with van der Waals surface area (Å²) in [5, 5.41) is 28.5. The van der Waals surface area contributed by atoms with Gasteiger partial charge in [0.2, 0.25) is 0 Å². The zero-order chi connectivity index (χ0) is 17.4. The molecular weight excluding hydrogens is 352 g/mol. The van der Waals surface area contributed by atoms with E-state index in [-0.39, 0.29) is 24.7 Å². The van der Waals surface area contributed by atoms with Gasteiger partial charge in [-0.15, -0.1) is 0 Å². The third-order valence-corrected chi connectivity index (χ3v) is 7.14. The van der Waals surface area contributed by atoms with E-state index in [9.17, 15) is 23.7 Å². The van der Waals surface area contributed by atoms with E-state index < -0.39 is 56.7 Å². The molecule has 11 heteroatoms. The van der Waals surface area contributed by atoms with Crippen LogP contribution in [0.3, 0.4) is 0 Å². The van der Waals surface area contributed by atoms with Crippen LogP contribution in [-0.2, 0) is 35.0 Å². The Kier molecular flexibility index (Phi) is 5.97. The molecular formula is C12H23O9S2+. The fraction of sp³-hybridized carbons (Fsp3) is 1.00. The monoisotopic (exact) mass is 375 g/mol. The summed E-state index contributed by atoms with van der Waals surface area (Å²) in [6.07, 6.45) is -3.74. The molecule has 2 saturated heterocycles. The molecule has 2 heterocycles. The van der Waals surface area contributed by atoms with E-state index in [0.29, 0.717) is 0 Å². The Morgan fingerprint density at radius 3 is 2.57 bits per heavy atom. The normalized spacial score (nSPS) is 41.1. The van der Waals surface area contributed by atoms with Crippen molar-refractivity contribution in [3.63, 3.8) is 0 Å². The van der Waals surface area contributed by atoms with E-state index in [2.05, 4.69) is 4.18 Å². The van der Waals surface area contributed by atoms with Crippen LogP contribution in [-0.4, -0.2) is 88.5 Å². The standard InChI is InChI=1S/C12H22O9S2/c1-12(2)19-4-8(21-23(16,17)18)9(20-12)6-22-5-7(14)11(15)10(22)3-13/h7-11,13-15H,3-6H2,1-2H3/p+1/t7-,8-,9+,10-,11+,22?/m1/s1. The Morgan fingerprint density at radius 2 is 2.00 bits per heavy atom. The Bertz CT molecular complexity index is 509. The highest BCUT2D eigenvalue weighted by atomic mass is 32.3. The van der Waals surface area contributed by atoms with Crippen molar-refractivity contribution in [2.75, 3.05) is 24.7 Å². The number of aliphatic hydroxyl groups is 3. The molecule has 0 amide bonds. The second kappa shape index (κ2) is 7.10. The van der Waals surface area contributed by atoms with Crippen LogP contribution in [0.2, 0.25) is 0 Å². The maximum absolute atomic E-state index is 11.0.